The third-order valence-electron chi connectivity index (χ3n) is 2.61. The predicted octanol–water partition coefficient (Wildman–Crippen LogP) is 2.53. The van der Waals surface area contributed by atoms with Crippen LogP contribution in [0.15, 0.2) is 11.6 Å². The summed E-state index contributed by atoms with van der Waals surface area (Å²) < 4.78 is 0. The molecule has 0 atom stereocenters. The summed E-state index contributed by atoms with van der Waals surface area (Å²) in [4.78, 5) is 12.9. The minimum Gasteiger partial charge on any atom is -0.478 e. The van der Waals surface area contributed by atoms with Gasteiger partial charge in [0.05, 0.1) is 0 Å². The molecule has 0 spiro atoms. The highest BCUT2D eigenvalue weighted by atomic mass is 16.4. The van der Waals surface area contributed by atoms with Crippen molar-refractivity contribution in [3.63, 3.8) is 0 Å². The molecule has 0 heterocycles. The summed E-state index contributed by atoms with van der Waals surface area (Å²) in [5.74, 6) is -0.807. The quantitative estimate of drug-likeness (QED) is 0.497. The summed E-state index contributed by atoms with van der Waals surface area (Å²) in [7, 11) is 0. The van der Waals surface area contributed by atoms with Crippen LogP contribution in [0, 0.1) is 0 Å². The van der Waals surface area contributed by atoms with Crippen LogP contribution in [-0.2, 0) is 4.79 Å². The maximum atomic E-state index is 10.5. The van der Waals surface area contributed by atoms with Crippen LogP contribution in [0.25, 0.3) is 0 Å². The van der Waals surface area contributed by atoms with Crippen molar-refractivity contribution in [2.24, 2.45) is 0 Å². The van der Waals surface area contributed by atoms with Crippen molar-refractivity contribution < 1.29 is 9.90 Å². The Morgan fingerprint density at radius 3 is 2.33 bits per heavy atom. The average molecular weight is 213 g/mol. The summed E-state index contributed by atoms with van der Waals surface area (Å²) in [6.45, 7) is 9.29. The Labute approximate surface area is 92.8 Å². The van der Waals surface area contributed by atoms with Crippen molar-refractivity contribution in [2.75, 3.05) is 19.6 Å². The van der Waals surface area contributed by atoms with Crippen molar-refractivity contribution >= 4 is 5.97 Å². The predicted molar refractivity (Wildman–Crippen MR) is 63.0 cm³/mol. The van der Waals surface area contributed by atoms with Gasteiger partial charge in [-0.3, -0.25) is 0 Å². The third-order valence-corrected chi connectivity index (χ3v) is 2.61. The number of nitrogens with zero attached hydrogens (tertiary/aromatic N) is 1. The molecule has 0 aliphatic rings. The number of aliphatic carboxylic acids is 1. The highest BCUT2D eigenvalue weighted by molar-refractivity contribution is 5.85. The van der Waals surface area contributed by atoms with Gasteiger partial charge < -0.3 is 10.0 Å². The van der Waals surface area contributed by atoms with E-state index in [-0.39, 0.29) is 0 Å². The lowest BCUT2D eigenvalue weighted by Crippen LogP contribution is -2.23. The van der Waals surface area contributed by atoms with Crippen LogP contribution in [0.3, 0.4) is 0 Å². The van der Waals surface area contributed by atoms with E-state index < -0.39 is 5.97 Å². The molecule has 1 N–H and O–H groups in total. The fourth-order valence-electron chi connectivity index (χ4n) is 1.43. The van der Waals surface area contributed by atoms with Crippen LogP contribution in [0.1, 0.15) is 40.0 Å². The lowest BCUT2D eigenvalue weighted by atomic mass is 10.1. The maximum absolute atomic E-state index is 10.5. The first-order valence-electron chi connectivity index (χ1n) is 5.74. The Kier molecular flexibility index (Phi) is 8.01. The number of carbonyl (C=O) groups is 1. The Morgan fingerprint density at radius 1 is 1.27 bits per heavy atom. The maximum Gasteiger partial charge on any atom is 0.330 e. The van der Waals surface area contributed by atoms with Crippen LogP contribution in [0.2, 0.25) is 0 Å². The summed E-state index contributed by atoms with van der Waals surface area (Å²) in [5.41, 5.74) is 0.456. The van der Waals surface area contributed by atoms with Gasteiger partial charge in [0.15, 0.2) is 0 Å². The monoisotopic (exact) mass is 213 g/mol. The van der Waals surface area contributed by atoms with E-state index in [9.17, 15) is 4.79 Å². The molecule has 0 fully saturated rings. The molecular weight excluding hydrogens is 190 g/mol. The van der Waals surface area contributed by atoms with Gasteiger partial charge in [-0.15, -0.1) is 0 Å². The molecule has 0 aliphatic carbocycles. The first-order chi connectivity index (χ1) is 7.11. The number of rotatable bonds is 8. The van der Waals surface area contributed by atoms with Crippen molar-refractivity contribution in [3.8, 4) is 0 Å². The standard InChI is InChI=1S/C12H23NO2/c1-4-13(5-2)10-8-6-7-9-11(3)12(14)15/h9H,4-8,10H2,1-3H3,(H,14,15). The number of carboxylic acids is 1. The zero-order valence-electron chi connectivity index (χ0n) is 10.1. The van der Waals surface area contributed by atoms with E-state index in [0.717, 1.165) is 38.9 Å². The van der Waals surface area contributed by atoms with Gasteiger partial charge in [-0.25, -0.2) is 4.79 Å². The molecule has 88 valence electrons. The zero-order chi connectivity index (χ0) is 11.7. The highest BCUT2D eigenvalue weighted by Gasteiger charge is 1.99. The Morgan fingerprint density at radius 2 is 1.87 bits per heavy atom. The van der Waals surface area contributed by atoms with Crippen molar-refractivity contribution in [1.82, 2.24) is 4.90 Å². The molecule has 15 heavy (non-hydrogen) atoms. The van der Waals surface area contributed by atoms with Crippen LogP contribution >= 0.6 is 0 Å². The summed E-state index contributed by atoms with van der Waals surface area (Å²) in [6.07, 6.45) is 4.90. The molecule has 3 nitrogen and oxygen atoms in total. The Balaban J connectivity index is 3.55. The molecule has 0 saturated carbocycles. The molecule has 0 radical (unpaired) electrons. The van der Waals surface area contributed by atoms with Gasteiger partial charge in [0, 0.05) is 5.57 Å². The van der Waals surface area contributed by atoms with E-state index in [0.29, 0.717) is 5.57 Å². The number of unbranched alkanes of at least 4 members (excludes halogenated alkanes) is 2. The molecule has 0 aromatic carbocycles. The number of hydrogen-bond donors (Lipinski definition) is 1. The van der Waals surface area contributed by atoms with Gasteiger partial charge in [0.25, 0.3) is 0 Å². The molecule has 0 aromatic heterocycles. The zero-order valence-corrected chi connectivity index (χ0v) is 10.1. The van der Waals surface area contributed by atoms with Gasteiger partial charge in [0.1, 0.15) is 0 Å². The van der Waals surface area contributed by atoms with E-state index in [2.05, 4.69) is 18.7 Å². The second-order valence-corrected chi connectivity index (χ2v) is 3.71. The van der Waals surface area contributed by atoms with E-state index in [1.165, 1.54) is 0 Å². The van der Waals surface area contributed by atoms with E-state index in [1.54, 1.807) is 6.92 Å². The molecule has 0 amide bonds. The molecular formula is C12H23NO2. The second kappa shape index (κ2) is 8.48. The van der Waals surface area contributed by atoms with Gasteiger partial charge in [-0.05, 0) is 45.8 Å². The average Bonchev–Trinajstić information content (AvgIpc) is 2.23. The second-order valence-electron chi connectivity index (χ2n) is 3.71. The number of allylic oxidation sites excluding steroid dienone is 1. The van der Waals surface area contributed by atoms with Gasteiger partial charge in [-0.2, -0.15) is 0 Å². The molecule has 3 heteroatoms. The minimum atomic E-state index is -0.807. The lowest BCUT2D eigenvalue weighted by molar-refractivity contribution is -0.132. The minimum absolute atomic E-state index is 0.456. The lowest BCUT2D eigenvalue weighted by Gasteiger charge is -2.17. The molecule has 0 rings (SSSR count). The smallest absolute Gasteiger partial charge is 0.330 e. The van der Waals surface area contributed by atoms with E-state index >= 15 is 0 Å². The van der Waals surface area contributed by atoms with Crippen LogP contribution < -0.4 is 0 Å². The normalized spacial score (nSPS) is 12.1. The van der Waals surface area contributed by atoms with Crippen LogP contribution in [-0.4, -0.2) is 35.6 Å². The molecule has 0 bridgehead atoms. The van der Waals surface area contributed by atoms with Gasteiger partial charge in [0.2, 0.25) is 0 Å². The molecule has 0 unspecified atom stereocenters. The van der Waals surface area contributed by atoms with Gasteiger partial charge >= 0.3 is 5.97 Å². The number of carboxylic acid groups (broad SMARTS) is 1. The molecule has 0 aliphatic heterocycles. The Bertz CT molecular complexity index is 208. The fraction of sp³-hybridized carbons (Fsp3) is 0.750. The summed E-state index contributed by atoms with van der Waals surface area (Å²) in [6, 6.07) is 0. The highest BCUT2D eigenvalue weighted by Crippen LogP contribution is 2.03. The first-order valence-corrected chi connectivity index (χ1v) is 5.74. The van der Waals surface area contributed by atoms with Crippen molar-refractivity contribution in [2.45, 2.75) is 40.0 Å². The molecule has 0 aromatic rings. The van der Waals surface area contributed by atoms with Crippen molar-refractivity contribution in [1.29, 1.82) is 0 Å². The Hall–Kier alpha value is -0.830. The van der Waals surface area contributed by atoms with Crippen molar-refractivity contribution in [3.05, 3.63) is 11.6 Å². The van der Waals surface area contributed by atoms with Crippen LogP contribution in [0.4, 0.5) is 0 Å². The summed E-state index contributed by atoms with van der Waals surface area (Å²) in [5, 5.41) is 8.63. The van der Waals surface area contributed by atoms with E-state index in [1.807, 2.05) is 6.08 Å². The third kappa shape index (κ3) is 7.14. The fourth-order valence-corrected chi connectivity index (χ4v) is 1.43. The first kappa shape index (κ1) is 14.2. The van der Waals surface area contributed by atoms with Crippen LogP contribution in [0.5, 0.6) is 0 Å². The summed E-state index contributed by atoms with van der Waals surface area (Å²) >= 11 is 0. The molecule has 0 saturated heterocycles. The number of hydrogen-bond acceptors (Lipinski definition) is 2. The SMILES string of the molecule is CCN(CC)CCCCC=C(C)C(=O)O. The van der Waals surface area contributed by atoms with E-state index in [4.69, 9.17) is 5.11 Å². The largest absolute Gasteiger partial charge is 0.478 e. The van der Waals surface area contributed by atoms with Gasteiger partial charge in [-0.1, -0.05) is 19.9 Å². The topological polar surface area (TPSA) is 40.5 Å².